The van der Waals surface area contributed by atoms with Crippen molar-refractivity contribution < 1.29 is 41.0 Å². The molecule has 1 saturated heterocycles. The zero-order chi connectivity index (χ0) is 34.1. The number of nitrogens with one attached hydrogen (secondary N) is 1. The summed E-state index contributed by atoms with van der Waals surface area (Å²) in [5.74, 6) is -1.77. The van der Waals surface area contributed by atoms with Crippen molar-refractivity contribution in [2.75, 3.05) is 6.54 Å². The smallest absolute Gasteiger partial charge is 0.861 e. The second kappa shape index (κ2) is 17.0. The zero-order valence-electron chi connectivity index (χ0n) is 27.7. The third kappa shape index (κ3) is 10.1. The van der Waals surface area contributed by atoms with Crippen LogP contribution in [0.25, 0.3) is 0 Å². The molecule has 0 bridgehead atoms. The van der Waals surface area contributed by atoms with Gasteiger partial charge in [0.15, 0.2) is 0 Å². The first kappa shape index (κ1) is 37.0. The van der Waals surface area contributed by atoms with E-state index in [1.165, 1.54) is 0 Å². The maximum Gasteiger partial charge on any atom is 2.00 e. The first-order chi connectivity index (χ1) is 23.1. The Morgan fingerprint density at radius 3 is 2.10 bits per heavy atom. The van der Waals surface area contributed by atoms with Crippen molar-refractivity contribution in [3.63, 3.8) is 0 Å². The van der Waals surface area contributed by atoms with Crippen molar-refractivity contribution in [1.82, 2.24) is 10.2 Å². The Hall–Kier alpha value is -4.79. The number of hydrogen-bond acceptors (Lipinski definition) is 8. The number of hydrogen-bond donors (Lipinski definition) is 1. The normalized spacial score (nSPS) is 16.7. The number of carbonyl (C=O) groups is 2. The van der Waals surface area contributed by atoms with Crippen LogP contribution in [0.4, 0.5) is 10.5 Å². The molecular formula is C39H40N4NiO5. The number of carbonyl (C=O) groups excluding carboxylic acids is 2. The number of rotatable bonds is 11. The molecule has 9 nitrogen and oxygen atoms in total. The summed E-state index contributed by atoms with van der Waals surface area (Å²) >= 11 is 0. The number of nitrogens with zero attached hydrogens (tertiary/aromatic N) is 3. The van der Waals surface area contributed by atoms with Gasteiger partial charge in [-0.2, -0.15) is 0 Å². The van der Waals surface area contributed by atoms with Crippen LogP contribution < -0.4 is 15.5 Å². The predicted molar refractivity (Wildman–Crippen MR) is 183 cm³/mol. The van der Waals surface area contributed by atoms with Crippen LogP contribution in [0, 0.1) is 0 Å². The average Bonchev–Trinajstić information content (AvgIpc) is 3.53. The maximum absolute atomic E-state index is 13.8. The molecule has 0 radical (unpaired) electrons. The number of para-hydroxylation sites is 1. The first-order valence-corrected chi connectivity index (χ1v) is 16.1. The molecule has 1 amide bonds. The Morgan fingerprint density at radius 2 is 1.47 bits per heavy atom. The molecule has 1 fully saturated rings. The van der Waals surface area contributed by atoms with E-state index in [2.05, 4.69) is 15.2 Å². The van der Waals surface area contributed by atoms with Crippen LogP contribution in [-0.4, -0.2) is 52.8 Å². The molecule has 0 spiro atoms. The molecular weight excluding hydrogens is 663 g/mol. The van der Waals surface area contributed by atoms with Crippen LogP contribution in [0.1, 0.15) is 61.9 Å². The maximum atomic E-state index is 13.8. The Labute approximate surface area is 297 Å². The Bertz CT molecular complexity index is 1740. The minimum absolute atomic E-state index is 0. The standard InChI is InChI=1S/C39H42N4O5.Ni/c1-39(2,3)48-38(47)42-34(29-20-11-6-12-21-29)35(37(45)46)41-33(28-18-9-5-10-19-28)30-22-13-14-23-31(30)40-36(44)32-24-15-25-43(32)26-27-16-7-4-8-17-27;/h4-14,16-23,32,34-35H,15,24-26H2,1-3H3,(H,40,44)(H,42,47)(H,45,46);/q;+2/p-2/t32-,34+,35-;/m0./s1. The van der Waals surface area contributed by atoms with E-state index in [1.54, 1.807) is 87.5 Å². The van der Waals surface area contributed by atoms with Gasteiger partial charge in [0, 0.05) is 23.7 Å². The molecule has 0 aliphatic carbocycles. The van der Waals surface area contributed by atoms with Gasteiger partial charge < -0.3 is 25.1 Å². The van der Waals surface area contributed by atoms with Gasteiger partial charge >= 0.3 is 22.6 Å². The summed E-state index contributed by atoms with van der Waals surface area (Å²) in [6.07, 6.45) is 0.783. The number of carboxylic acid groups (broad SMARTS) is 1. The van der Waals surface area contributed by atoms with Crippen molar-refractivity contribution in [2.24, 2.45) is 9.98 Å². The van der Waals surface area contributed by atoms with E-state index < -0.39 is 29.7 Å². The summed E-state index contributed by atoms with van der Waals surface area (Å²) in [4.78, 5) is 37.4. The van der Waals surface area contributed by atoms with E-state index in [0.717, 1.165) is 18.5 Å². The van der Waals surface area contributed by atoms with Crippen LogP contribution in [0.3, 0.4) is 0 Å². The number of benzene rings is 4. The van der Waals surface area contributed by atoms with E-state index in [-0.39, 0.29) is 34.1 Å². The Kier molecular flexibility index (Phi) is 12.9. The van der Waals surface area contributed by atoms with Gasteiger partial charge in [-0.15, -0.1) is 0 Å². The fourth-order valence-corrected chi connectivity index (χ4v) is 5.82. The monoisotopic (exact) mass is 702 g/mol. The summed E-state index contributed by atoms with van der Waals surface area (Å²) in [5.41, 5.74) is 2.54. The molecule has 10 heteroatoms. The van der Waals surface area contributed by atoms with Crippen molar-refractivity contribution in [3.05, 3.63) is 138 Å². The number of likely N-dealkylation sites (tertiary alicyclic amines) is 1. The number of alkyl carbamates (subject to hydrolysis) is 1. The summed E-state index contributed by atoms with van der Waals surface area (Å²) in [6.45, 7) is 6.60. The van der Waals surface area contributed by atoms with Gasteiger partial charge in [-0.05, 0) is 63.2 Å². The van der Waals surface area contributed by atoms with Gasteiger partial charge in [-0.3, -0.25) is 14.9 Å². The molecule has 0 aromatic heterocycles. The topological polar surface area (TPSA) is 129 Å². The minimum Gasteiger partial charge on any atom is -0.861 e. The fraction of sp³-hybridized carbons (Fsp3) is 0.282. The largest absolute Gasteiger partial charge is 2.00 e. The summed E-state index contributed by atoms with van der Waals surface area (Å²) in [6, 6.07) is 31.8. The third-order valence-corrected chi connectivity index (χ3v) is 7.97. The van der Waals surface area contributed by atoms with Gasteiger partial charge in [-0.25, -0.2) is 4.79 Å². The first-order valence-electron chi connectivity index (χ1n) is 16.1. The quantitative estimate of drug-likeness (QED) is 0.134. The van der Waals surface area contributed by atoms with Crippen LogP contribution in [-0.2, 0) is 32.6 Å². The van der Waals surface area contributed by atoms with E-state index in [9.17, 15) is 19.8 Å². The summed E-state index contributed by atoms with van der Waals surface area (Å²) in [5, 5.41) is 29.4. The molecule has 5 rings (SSSR count). The molecule has 0 unspecified atom stereocenters. The molecule has 0 saturated carbocycles. The van der Waals surface area contributed by atoms with Crippen LogP contribution in [0.15, 0.2) is 125 Å². The van der Waals surface area contributed by atoms with Gasteiger partial charge in [0.2, 0.25) is 0 Å². The zero-order valence-corrected chi connectivity index (χ0v) is 28.7. The predicted octanol–water partition coefficient (Wildman–Crippen LogP) is 4.96. The number of amides is 1. The van der Waals surface area contributed by atoms with Crippen LogP contribution in [0.2, 0.25) is 0 Å². The SMILES string of the molecule is CC(C)(C)OC(=O)N[C@H](c1ccccc1)[C@H](N=C(c1ccccc1)c1ccccc1N=C([O-])[C@@H]1CCCN1Cc1ccccc1)C(=O)[O-].[Ni+2]. The second-order valence-electron chi connectivity index (χ2n) is 12.7. The Morgan fingerprint density at radius 1 is 0.878 bits per heavy atom. The molecule has 4 aromatic rings. The molecule has 1 heterocycles. The van der Waals surface area contributed by atoms with Crippen LogP contribution >= 0.6 is 0 Å². The average molecular weight is 703 g/mol. The van der Waals surface area contributed by atoms with Gasteiger partial charge in [0.1, 0.15) is 11.6 Å². The summed E-state index contributed by atoms with van der Waals surface area (Å²) < 4.78 is 5.48. The number of carboxylic acids is 1. The van der Waals surface area contributed by atoms with Crippen molar-refractivity contribution in [3.8, 4) is 0 Å². The van der Waals surface area contributed by atoms with E-state index >= 15 is 0 Å². The van der Waals surface area contributed by atoms with Gasteiger partial charge in [0.05, 0.1) is 23.4 Å². The van der Waals surface area contributed by atoms with Gasteiger partial charge in [-0.1, -0.05) is 109 Å². The van der Waals surface area contributed by atoms with Gasteiger partial charge in [0.25, 0.3) is 0 Å². The molecule has 1 N–H and O–H groups in total. The van der Waals surface area contributed by atoms with E-state index in [4.69, 9.17) is 9.73 Å². The van der Waals surface area contributed by atoms with Crippen molar-refractivity contribution in [1.29, 1.82) is 0 Å². The minimum atomic E-state index is -1.57. The summed E-state index contributed by atoms with van der Waals surface area (Å²) in [7, 11) is 0. The molecule has 256 valence electrons. The van der Waals surface area contributed by atoms with Crippen molar-refractivity contribution in [2.45, 2.75) is 63.9 Å². The van der Waals surface area contributed by atoms with E-state index in [0.29, 0.717) is 35.3 Å². The van der Waals surface area contributed by atoms with Crippen LogP contribution in [0.5, 0.6) is 0 Å². The van der Waals surface area contributed by atoms with E-state index in [1.807, 2.05) is 48.5 Å². The Balaban J connectivity index is 0.00000541. The fourth-order valence-electron chi connectivity index (χ4n) is 5.82. The molecule has 1 aliphatic rings. The molecule has 49 heavy (non-hydrogen) atoms. The molecule has 4 aromatic carbocycles. The molecule has 3 atom stereocenters. The van der Waals surface area contributed by atoms with Crippen molar-refractivity contribution >= 4 is 29.4 Å². The number of aliphatic carboxylic acids is 1. The number of aliphatic imine (C=N–C) groups is 2. The number of ether oxygens (including phenoxy) is 1. The third-order valence-electron chi connectivity index (χ3n) is 7.97. The molecule has 1 aliphatic heterocycles. The second-order valence-corrected chi connectivity index (χ2v) is 12.7.